The monoisotopic (exact) mass is 278 g/mol. The van der Waals surface area contributed by atoms with E-state index in [2.05, 4.69) is 45.0 Å². The summed E-state index contributed by atoms with van der Waals surface area (Å²) >= 11 is 12.3. The number of halogens is 2. The van der Waals surface area contributed by atoms with Crippen LogP contribution in [0.15, 0.2) is 42.5 Å². The van der Waals surface area contributed by atoms with E-state index in [0.29, 0.717) is 5.02 Å². The van der Waals surface area contributed by atoms with Crippen molar-refractivity contribution in [2.45, 2.75) is 26.2 Å². The highest BCUT2D eigenvalue weighted by Crippen LogP contribution is 2.33. The lowest BCUT2D eigenvalue weighted by Gasteiger charge is -2.20. The summed E-state index contributed by atoms with van der Waals surface area (Å²) in [6.07, 6.45) is 0. The van der Waals surface area contributed by atoms with Crippen LogP contribution in [0, 0.1) is 0 Å². The van der Waals surface area contributed by atoms with Gasteiger partial charge in [0.1, 0.15) is 0 Å². The quantitative estimate of drug-likeness (QED) is 0.604. The molecular formula is C16H16Cl2. The molecule has 2 rings (SSSR count). The Morgan fingerprint density at radius 3 is 2.28 bits per heavy atom. The number of rotatable bonds is 1. The first kappa shape index (κ1) is 13.5. The van der Waals surface area contributed by atoms with Crippen molar-refractivity contribution in [2.75, 3.05) is 0 Å². The summed E-state index contributed by atoms with van der Waals surface area (Å²) in [4.78, 5) is 0. The molecule has 0 radical (unpaired) electrons. The number of hydrogen-bond donors (Lipinski definition) is 0. The highest BCUT2D eigenvalue weighted by atomic mass is 35.5. The second kappa shape index (κ2) is 4.95. The molecule has 18 heavy (non-hydrogen) atoms. The van der Waals surface area contributed by atoms with Crippen molar-refractivity contribution in [2.24, 2.45) is 0 Å². The van der Waals surface area contributed by atoms with Crippen LogP contribution < -0.4 is 0 Å². The molecule has 0 heterocycles. The summed E-state index contributed by atoms with van der Waals surface area (Å²) in [5.41, 5.74) is 3.50. The maximum Gasteiger partial charge on any atom is 0.0485 e. The van der Waals surface area contributed by atoms with Gasteiger partial charge in [0.15, 0.2) is 0 Å². The van der Waals surface area contributed by atoms with Gasteiger partial charge in [-0.25, -0.2) is 0 Å². The summed E-state index contributed by atoms with van der Waals surface area (Å²) in [6.45, 7) is 6.60. The van der Waals surface area contributed by atoms with Gasteiger partial charge in [-0.1, -0.05) is 68.2 Å². The third kappa shape index (κ3) is 2.88. The zero-order valence-corrected chi connectivity index (χ0v) is 12.3. The van der Waals surface area contributed by atoms with E-state index < -0.39 is 0 Å². The topological polar surface area (TPSA) is 0 Å². The fraction of sp³-hybridized carbons (Fsp3) is 0.250. The molecule has 0 bridgehead atoms. The third-order valence-corrected chi connectivity index (χ3v) is 3.53. The average molecular weight is 279 g/mol. The van der Waals surface area contributed by atoms with Crippen LogP contribution in [-0.2, 0) is 5.41 Å². The second-order valence-electron chi connectivity index (χ2n) is 5.45. The van der Waals surface area contributed by atoms with Crippen LogP contribution in [0.2, 0.25) is 10.0 Å². The lowest BCUT2D eigenvalue weighted by Crippen LogP contribution is -2.10. The van der Waals surface area contributed by atoms with Gasteiger partial charge in [0.25, 0.3) is 0 Å². The summed E-state index contributed by atoms with van der Waals surface area (Å²) in [6, 6.07) is 14.0. The zero-order valence-electron chi connectivity index (χ0n) is 10.8. The van der Waals surface area contributed by atoms with Crippen LogP contribution in [0.25, 0.3) is 11.1 Å². The Morgan fingerprint density at radius 2 is 1.61 bits per heavy atom. The molecule has 0 saturated carbocycles. The van der Waals surface area contributed by atoms with Gasteiger partial charge < -0.3 is 0 Å². The van der Waals surface area contributed by atoms with E-state index >= 15 is 0 Å². The molecule has 0 aliphatic carbocycles. The zero-order chi connectivity index (χ0) is 13.3. The minimum atomic E-state index is 0.126. The van der Waals surface area contributed by atoms with Crippen LogP contribution >= 0.6 is 23.2 Å². The van der Waals surface area contributed by atoms with Crippen molar-refractivity contribution in [1.82, 2.24) is 0 Å². The first-order valence-electron chi connectivity index (χ1n) is 5.94. The van der Waals surface area contributed by atoms with Crippen molar-refractivity contribution in [1.29, 1.82) is 0 Å². The SMILES string of the molecule is CC(C)(C)c1cccc(-c2cc(Cl)ccc2Cl)c1. The maximum atomic E-state index is 6.24. The van der Waals surface area contributed by atoms with E-state index in [1.165, 1.54) is 5.56 Å². The standard InChI is InChI=1S/C16H16Cl2/c1-16(2,3)12-6-4-5-11(9-12)14-10-13(17)7-8-15(14)18/h4-10H,1-3H3. The molecule has 0 saturated heterocycles. The molecule has 0 nitrogen and oxygen atoms in total. The molecule has 0 aliphatic rings. The van der Waals surface area contributed by atoms with Crippen LogP contribution in [0.1, 0.15) is 26.3 Å². The van der Waals surface area contributed by atoms with Gasteiger partial charge in [0, 0.05) is 15.6 Å². The molecule has 0 unspecified atom stereocenters. The average Bonchev–Trinajstić information content (AvgIpc) is 2.31. The second-order valence-corrected chi connectivity index (χ2v) is 6.30. The molecule has 2 aromatic rings. The van der Waals surface area contributed by atoms with Crippen LogP contribution in [0.3, 0.4) is 0 Å². The van der Waals surface area contributed by atoms with E-state index in [1.807, 2.05) is 12.1 Å². The number of benzene rings is 2. The van der Waals surface area contributed by atoms with Crippen LogP contribution in [-0.4, -0.2) is 0 Å². The Balaban J connectivity index is 2.55. The van der Waals surface area contributed by atoms with Crippen molar-refractivity contribution in [3.63, 3.8) is 0 Å². The fourth-order valence-corrected chi connectivity index (χ4v) is 2.27. The first-order valence-corrected chi connectivity index (χ1v) is 6.69. The molecule has 0 aliphatic heterocycles. The third-order valence-electron chi connectivity index (χ3n) is 2.97. The largest absolute Gasteiger partial charge is 0.0843 e. The highest BCUT2D eigenvalue weighted by molar-refractivity contribution is 6.35. The number of hydrogen-bond acceptors (Lipinski definition) is 0. The molecule has 0 N–H and O–H groups in total. The van der Waals surface area contributed by atoms with Gasteiger partial charge >= 0.3 is 0 Å². The molecular weight excluding hydrogens is 263 g/mol. The summed E-state index contributed by atoms with van der Waals surface area (Å²) < 4.78 is 0. The molecule has 94 valence electrons. The van der Waals surface area contributed by atoms with Gasteiger partial charge in [-0.05, 0) is 34.7 Å². The fourth-order valence-electron chi connectivity index (χ4n) is 1.87. The Hall–Kier alpha value is -0.980. The van der Waals surface area contributed by atoms with Gasteiger partial charge in [-0.3, -0.25) is 0 Å². The molecule has 0 fully saturated rings. The molecule has 0 atom stereocenters. The minimum absolute atomic E-state index is 0.126. The Kier molecular flexibility index (Phi) is 3.70. The summed E-state index contributed by atoms with van der Waals surface area (Å²) in [5, 5.41) is 1.43. The minimum Gasteiger partial charge on any atom is -0.0843 e. The molecule has 0 aromatic heterocycles. The Bertz CT molecular complexity index is 566. The van der Waals surface area contributed by atoms with Gasteiger partial charge in [-0.2, -0.15) is 0 Å². The Labute approximate surface area is 119 Å². The van der Waals surface area contributed by atoms with Crippen molar-refractivity contribution >= 4 is 23.2 Å². The van der Waals surface area contributed by atoms with E-state index in [-0.39, 0.29) is 5.41 Å². The smallest absolute Gasteiger partial charge is 0.0485 e. The molecule has 0 amide bonds. The normalized spacial score (nSPS) is 11.6. The lowest BCUT2D eigenvalue weighted by molar-refractivity contribution is 0.590. The predicted molar refractivity (Wildman–Crippen MR) is 80.6 cm³/mol. The van der Waals surface area contributed by atoms with Crippen LogP contribution in [0.4, 0.5) is 0 Å². The van der Waals surface area contributed by atoms with Crippen molar-refractivity contribution in [3.8, 4) is 11.1 Å². The van der Waals surface area contributed by atoms with E-state index in [1.54, 1.807) is 6.07 Å². The Morgan fingerprint density at radius 1 is 0.889 bits per heavy atom. The maximum absolute atomic E-state index is 6.24. The van der Waals surface area contributed by atoms with Crippen molar-refractivity contribution in [3.05, 3.63) is 58.1 Å². The van der Waals surface area contributed by atoms with Gasteiger partial charge in [0.2, 0.25) is 0 Å². The molecule has 0 spiro atoms. The predicted octanol–water partition coefficient (Wildman–Crippen LogP) is 5.96. The lowest BCUT2D eigenvalue weighted by atomic mass is 9.85. The van der Waals surface area contributed by atoms with Gasteiger partial charge in [0.05, 0.1) is 0 Å². The first-order chi connectivity index (χ1) is 8.38. The van der Waals surface area contributed by atoms with Crippen molar-refractivity contribution < 1.29 is 0 Å². The van der Waals surface area contributed by atoms with Crippen LogP contribution in [0.5, 0.6) is 0 Å². The highest BCUT2D eigenvalue weighted by Gasteiger charge is 2.14. The van der Waals surface area contributed by atoms with Gasteiger partial charge in [-0.15, -0.1) is 0 Å². The molecule has 2 heteroatoms. The molecule has 2 aromatic carbocycles. The van der Waals surface area contributed by atoms with E-state index in [4.69, 9.17) is 23.2 Å². The van der Waals surface area contributed by atoms with E-state index in [9.17, 15) is 0 Å². The summed E-state index contributed by atoms with van der Waals surface area (Å²) in [7, 11) is 0. The van der Waals surface area contributed by atoms with E-state index in [0.717, 1.165) is 16.1 Å². The summed E-state index contributed by atoms with van der Waals surface area (Å²) in [5.74, 6) is 0.